The molecule has 6 heteroatoms. The first-order valence-corrected chi connectivity index (χ1v) is 7.63. The third kappa shape index (κ3) is 4.02. The van der Waals surface area contributed by atoms with Gasteiger partial charge in [0.15, 0.2) is 0 Å². The molecule has 104 valence electrons. The van der Waals surface area contributed by atoms with E-state index in [1.807, 2.05) is 17.8 Å². The summed E-state index contributed by atoms with van der Waals surface area (Å²) >= 11 is 2.01. The normalized spacial score (nSPS) is 16.1. The van der Waals surface area contributed by atoms with Gasteiger partial charge in [0.25, 0.3) is 5.69 Å². The predicted octanol–water partition coefficient (Wildman–Crippen LogP) is 3.19. The maximum absolute atomic E-state index is 10.9. The molecule has 2 rings (SSSR count). The summed E-state index contributed by atoms with van der Waals surface area (Å²) in [6.45, 7) is 0.894. The molecule has 1 aliphatic heterocycles. The first kappa shape index (κ1) is 14.0. The van der Waals surface area contributed by atoms with Crippen molar-refractivity contribution in [2.45, 2.75) is 12.8 Å². The molecule has 0 aromatic heterocycles. The zero-order chi connectivity index (χ0) is 13.7. The fourth-order valence-corrected chi connectivity index (χ4v) is 3.38. The highest BCUT2D eigenvalue weighted by Crippen LogP contribution is 2.26. The molecule has 0 radical (unpaired) electrons. The monoisotopic (exact) mass is 281 g/mol. The minimum Gasteiger partial charge on any atom is -0.388 e. The van der Waals surface area contributed by atoms with Crippen LogP contribution in [-0.4, -0.2) is 30.0 Å². The lowest BCUT2D eigenvalue weighted by Crippen LogP contribution is -2.19. The van der Waals surface area contributed by atoms with Gasteiger partial charge in [0.1, 0.15) is 0 Å². The maximum Gasteiger partial charge on any atom is 0.273 e. The molecule has 1 aliphatic rings. The van der Waals surface area contributed by atoms with Gasteiger partial charge < -0.3 is 10.6 Å². The number of thioether (sulfide) groups is 1. The standard InChI is InChI=1S/C13H19N3O2S/c1-14-11-6-12(8-13(7-11)16(17)18)15-9-10-2-4-19-5-3-10/h6-8,10,14-15H,2-5,9H2,1H3. The van der Waals surface area contributed by atoms with Crippen LogP contribution in [0.5, 0.6) is 0 Å². The number of rotatable bonds is 5. The van der Waals surface area contributed by atoms with Crippen molar-refractivity contribution in [3.63, 3.8) is 0 Å². The lowest BCUT2D eigenvalue weighted by Gasteiger charge is -2.22. The van der Waals surface area contributed by atoms with Crippen LogP contribution in [0.1, 0.15) is 12.8 Å². The molecule has 1 aromatic carbocycles. The smallest absolute Gasteiger partial charge is 0.273 e. The second-order valence-electron chi connectivity index (χ2n) is 4.71. The van der Waals surface area contributed by atoms with Crippen molar-refractivity contribution in [2.75, 3.05) is 35.7 Å². The van der Waals surface area contributed by atoms with E-state index in [4.69, 9.17) is 0 Å². The zero-order valence-electron chi connectivity index (χ0n) is 11.0. The van der Waals surface area contributed by atoms with Crippen molar-refractivity contribution in [3.05, 3.63) is 28.3 Å². The van der Waals surface area contributed by atoms with Gasteiger partial charge >= 0.3 is 0 Å². The Morgan fingerprint density at radius 1 is 1.32 bits per heavy atom. The molecule has 2 N–H and O–H groups in total. The van der Waals surface area contributed by atoms with E-state index in [9.17, 15) is 10.1 Å². The molecule has 0 aliphatic carbocycles. The van der Waals surface area contributed by atoms with Crippen LogP contribution in [0.3, 0.4) is 0 Å². The minimum absolute atomic E-state index is 0.119. The van der Waals surface area contributed by atoms with Gasteiger partial charge in [0.05, 0.1) is 4.92 Å². The molecular weight excluding hydrogens is 262 g/mol. The number of hydrogen-bond acceptors (Lipinski definition) is 5. The summed E-state index contributed by atoms with van der Waals surface area (Å²) in [5.74, 6) is 3.13. The molecule has 5 nitrogen and oxygen atoms in total. The van der Waals surface area contributed by atoms with Gasteiger partial charge in [-0.3, -0.25) is 10.1 Å². The number of nitro benzene ring substituents is 1. The van der Waals surface area contributed by atoms with E-state index in [2.05, 4.69) is 10.6 Å². The second-order valence-corrected chi connectivity index (χ2v) is 5.94. The average molecular weight is 281 g/mol. The van der Waals surface area contributed by atoms with Gasteiger partial charge in [-0.25, -0.2) is 0 Å². The van der Waals surface area contributed by atoms with Crippen LogP contribution in [0.4, 0.5) is 17.1 Å². The Morgan fingerprint density at radius 2 is 2.00 bits per heavy atom. The summed E-state index contributed by atoms with van der Waals surface area (Å²) in [6, 6.07) is 5.05. The number of hydrogen-bond donors (Lipinski definition) is 2. The van der Waals surface area contributed by atoms with Gasteiger partial charge in [-0.15, -0.1) is 0 Å². The summed E-state index contributed by atoms with van der Waals surface area (Å²) in [6.07, 6.45) is 2.46. The molecule has 1 heterocycles. The topological polar surface area (TPSA) is 67.2 Å². The molecule has 19 heavy (non-hydrogen) atoms. The van der Waals surface area contributed by atoms with Crippen LogP contribution in [0.15, 0.2) is 18.2 Å². The van der Waals surface area contributed by atoms with Gasteiger partial charge in [-0.1, -0.05) is 0 Å². The van der Waals surface area contributed by atoms with Crippen molar-refractivity contribution in [2.24, 2.45) is 5.92 Å². The summed E-state index contributed by atoms with van der Waals surface area (Å²) in [5, 5.41) is 17.2. The molecule has 1 aromatic rings. The van der Waals surface area contributed by atoms with Crippen molar-refractivity contribution >= 4 is 28.8 Å². The Labute approximate surface area is 117 Å². The van der Waals surface area contributed by atoms with Gasteiger partial charge in [-0.05, 0) is 36.3 Å². The first-order chi connectivity index (χ1) is 9.19. The van der Waals surface area contributed by atoms with E-state index in [1.165, 1.54) is 24.3 Å². The van der Waals surface area contributed by atoms with E-state index < -0.39 is 0 Å². The zero-order valence-corrected chi connectivity index (χ0v) is 11.8. The van der Waals surface area contributed by atoms with E-state index in [1.54, 1.807) is 19.2 Å². The summed E-state index contributed by atoms with van der Waals surface area (Å²) in [7, 11) is 1.77. The van der Waals surface area contributed by atoms with Crippen LogP contribution >= 0.6 is 11.8 Å². The number of nitro groups is 1. The van der Waals surface area contributed by atoms with E-state index in [0.717, 1.165) is 17.9 Å². The summed E-state index contributed by atoms with van der Waals surface area (Å²) in [5.41, 5.74) is 1.70. The van der Waals surface area contributed by atoms with Crippen LogP contribution in [-0.2, 0) is 0 Å². The fraction of sp³-hybridized carbons (Fsp3) is 0.538. The number of nitrogens with one attached hydrogen (secondary N) is 2. The molecule has 0 bridgehead atoms. The minimum atomic E-state index is -0.358. The highest BCUT2D eigenvalue weighted by atomic mass is 32.2. The molecule has 1 saturated heterocycles. The van der Waals surface area contributed by atoms with E-state index in [-0.39, 0.29) is 10.6 Å². The summed E-state index contributed by atoms with van der Waals surface area (Å²) < 4.78 is 0. The highest BCUT2D eigenvalue weighted by Gasteiger charge is 2.14. The molecule has 0 amide bonds. The van der Waals surface area contributed by atoms with Crippen LogP contribution in [0.2, 0.25) is 0 Å². The number of nitrogens with zero attached hydrogens (tertiary/aromatic N) is 1. The Hall–Kier alpha value is -1.43. The van der Waals surface area contributed by atoms with E-state index >= 15 is 0 Å². The number of non-ortho nitro benzene ring substituents is 1. The first-order valence-electron chi connectivity index (χ1n) is 6.48. The highest BCUT2D eigenvalue weighted by molar-refractivity contribution is 7.99. The lowest BCUT2D eigenvalue weighted by molar-refractivity contribution is -0.384. The van der Waals surface area contributed by atoms with Crippen molar-refractivity contribution < 1.29 is 4.92 Å². The fourth-order valence-electron chi connectivity index (χ4n) is 2.18. The SMILES string of the molecule is CNc1cc(NCC2CCSCC2)cc([N+](=O)[O-])c1. The van der Waals surface area contributed by atoms with Crippen molar-refractivity contribution in [3.8, 4) is 0 Å². The Bertz CT molecular complexity index is 448. The average Bonchev–Trinajstić information content (AvgIpc) is 2.45. The maximum atomic E-state index is 10.9. The Balaban J connectivity index is 2.02. The van der Waals surface area contributed by atoms with Crippen LogP contribution in [0, 0.1) is 16.0 Å². The van der Waals surface area contributed by atoms with Crippen molar-refractivity contribution in [1.82, 2.24) is 0 Å². The molecule has 1 fully saturated rings. The number of anilines is 2. The number of benzene rings is 1. The summed E-state index contributed by atoms with van der Waals surface area (Å²) in [4.78, 5) is 10.5. The molecule has 0 atom stereocenters. The largest absolute Gasteiger partial charge is 0.388 e. The predicted molar refractivity (Wildman–Crippen MR) is 81.2 cm³/mol. The third-order valence-electron chi connectivity index (χ3n) is 3.35. The Morgan fingerprint density at radius 3 is 2.63 bits per heavy atom. The van der Waals surface area contributed by atoms with Crippen LogP contribution in [0.25, 0.3) is 0 Å². The Kier molecular flexibility index (Phi) is 4.90. The third-order valence-corrected chi connectivity index (χ3v) is 4.40. The molecule has 0 unspecified atom stereocenters. The van der Waals surface area contributed by atoms with Crippen LogP contribution < -0.4 is 10.6 Å². The van der Waals surface area contributed by atoms with Gasteiger partial charge in [0, 0.05) is 37.1 Å². The molecule has 0 saturated carbocycles. The molecular formula is C13H19N3O2S. The molecule has 0 spiro atoms. The lowest BCUT2D eigenvalue weighted by atomic mass is 10.0. The van der Waals surface area contributed by atoms with E-state index in [0.29, 0.717) is 5.92 Å². The van der Waals surface area contributed by atoms with Crippen molar-refractivity contribution in [1.29, 1.82) is 0 Å². The quantitative estimate of drug-likeness (QED) is 0.641. The van der Waals surface area contributed by atoms with Gasteiger partial charge in [-0.2, -0.15) is 11.8 Å². The second kappa shape index (κ2) is 6.65. The van der Waals surface area contributed by atoms with Gasteiger partial charge in [0.2, 0.25) is 0 Å².